The van der Waals surface area contributed by atoms with Crippen molar-refractivity contribution in [2.24, 2.45) is 5.84 Å². The van der Waals surface area contributed by atoms with Crippen molar-refractivity contribution in [3.05, 3.63) is 35.9 Å². The lowest BCUT2D eigenvalue weighted by molar-refractivity contribution is -0.0364. The van der Waals surface area contributed by atoms with Crippen molar-refractivity contribution < 1.29 is 0 Å². The van der Waals surface area contributed by atoms with Crippen LogP contribution in [0.1, 0.15) is 64.9 Å². The third-order valence-corrected chi connectivity index (χ3v) is 3.92. The molecule has 4 nitrogen and oxygen atoms in total. The Bertz CT molecular complexity index is 348. The number of nitrogens with two attached hydrogens (primary N) is 1. The highest BCUT2D eigenvalue weighted by atomic mass is 15.6. The molecule has 0 aliphatic heterocycles. The topological polar surface area (TPSA) is 44.5 Å². The molecule has 0 saturated heterocycles. The molecule has 0 aliphatic carbocycles. The smallest absolute Gasteiger partial charge is 0.0384 e. The molecule has 0 aliphatic rings. The van der Waals surface area contributed by atoms with Gasteiger partial charge in [0.15, 0.2) is 0 Å². The van der Waals surface area contributed by atoms with Crippen LogP contribution < -0.4 is 11.3 Å². The summed E-state index contributed by atoms with van der Waals surface area (Å²) in [6.07, 6.45) is 7.68. The van der Waals surface area contributed by atoms with Gasteiger partial charge in [-0.25, -0.2) is 10.0 Å². The van der Waals surface area contributed by atoms with Gasteiger partial charge in [-0.15, -0.1) is 0 Å². The Kier molecular flexibility index (Phi) is 16.2. The van der Waals surface area contributed by atoms with Gasteiger partial charge in [-0.2, -0.15) is 0 Å². The van der Waals surface area contributed by atoms with E-state index in [0.717, 1.165) is 6.54 Å². The van der Waals surface area contributed by atoms with E-state index in [1.54, 1.807) is 7.05 Å². The molecule has 0 bridgehead atoms. The van der Waals surface area contributed by atoms with E-state index in [1.165, 1.54) is 63.7 Å². The first-order valence-electron chi connectivity index (χ1n) is 9.64. The van der Waals surface area contributed by atoms with Gasteiger partial charge in [0.2, 0.25) is 0 Å². The third-order valence-electron chi connectivity index (χ3n) is 3.92. The van der Waals surface area contributed by atoms with Crippen LogP contribution in [0.5, 0.6) is 0 Å². The van der Waals surface area contributed by atoms with Gasteiger partial charge in [-0.3, -0.25) is 11.3 Å². The lowest BCUT2D eigenvalue weighted by Crippen LogP contribution is -2.43. The summed E-state index contributed by atoms with van der Waals surface area (Å²) in [6, 6.07) is 10.9. The first-order valence-corrected chi connectivity index (χ1v) is 9.64. The molecule has 1 aromatic rings. The highest BCUT2D eigenvalue weighted by Gasteiger charge is 2.14. The number of benzene rings is 1. The second-order valence-electron chi connectivity index (χ2n) is 6.18. The fourth-order valence-electron chi connectivity index (χ4n) is 2.53. The van der Waals surface area contributed by atoms with Crippen LogP contribution in [0, 0.1) is 0 Å². The highest BCUT2D eigenvalue weighted by Crippen LogP contribution is 2.12. The molecule has 0 amide bonds. The minimum atomic E-state index is 1.05. The molecule has 0 radical (unpaired) electrons. The van der Waals surface area contributed by atoms with Gasteiger partial charge in [0, 0.05) is 26.2 Å². The molecule has 0 atom stereocenters. The van der Waals surface area contributed by atoms with Crippen LogP contribution in [0.4, 0.5) is 0 Å². The van der Waals surface area contributed by atoms with E-state index in [4.69, 9.17) is 0 Å². The zero-order valence-corrected chi connectivity index (χ0v) is 16.4. The monoisotopic (exact) mass is 336 g/mol. The van der Waals surface area contributed by atoms with Gasteiger partial charge >= 0.3 is 0 Å². The van der Waals surface area contributed by atoms with E-state index >= 15 is 0 Å². The van der Waals surface area contributed by atoms with Crippen molar-refractivity contribution in [3.63, 3.8) is 0 Å². The maximum Gasteiger partial charge on any atom is 0.0384 e. The van der Waals surface area contributed by atoms with E-state index in [1.807, 2.05) is 0 Å². The van der Waals surface area contributed by atoms with Gasteiger partial charge in [0.25, 0.3) is 0 Å². The number of hydrogen-bond donors (Lipinski definition) is 2. The molecule has 140 valence electrons. The second kappa shape index (κ2) is 16.9. The highest BCUT2D eigenvalue weighted by molar-refractivity contribution is 5.14. The molecular weight excluding hydrogens is 296 g/mol. The van der Waals surface area contributed by atoms with E-state index in [0.29, 0.717) is 0 Å². The van der Waals surface area contributed by atoms with E-state index < -0.39 is 0 Å². The minimum Gasteiger partial charge on any atom is -0.272 e. The minimum absolute atomic E-state index is 1.05. The Morgan fingerprint density at radius 3 is 1.62 bits per heavy atom. The zero-order valence-electron chi connectivity index (χ0n) is 16.4. The molecule has 0 saturated carbocycles. The number of rotatable bonds is 12. The lowest BCUT2D eigenvalue weighted by Gasteiger charge is -2.35. The summed E-state index contributed by atoms with van der Waals surface area (Å²) in [6.45, 7) is 11.5. The molecule has 0 unspecified atom stereocenters. The molecular formula is C20H40N4. The molecule has 1 aromatic carbocycles. The Labute approximate surface area is 150 Å². The van der Waals surface area contributed by atoms with Crippen LogP contribution in [0.2, 0.25) is 0 Å². The maximum absolute atomic E-state index is 4.60. The number of nitrogens with one attached hydrogen (secondary N) is 1. The summed E-state index contributed by atoms with van der Waals surface area (Å²) in [4.78, 5) is 0. The van der Waals surface area contributed by atoms with Gasteiger partial charge < -0.3 is 0 Å². The van der Waals surface area contributed by atoms with E-state index in [-0.39, 0.29) is 0 Å². The third kappa shape index (κ3) is 11.6. The van der Waals surface area contributed by atoms with Gasteiger partial charge in [0.05, 0.1) is 0 Å². The largest absolute Gasteiger partial charge is 0.272 e. The summed E-state index contributed by atoms with van der Waals surface area (Å²) in [7, 11) is 1.65. The fraction of sp³-hybridized carbons (Fsp3) is 0.700. The van der Waals surface area contributed by atoms with Crippen molar-refractivity contribution >= 4 is 0 Å². The van der Waals surface area contributed by atoms with E-state index in [9.17, 15) is 0 Å². The predicted molar refractivity (Wildman–Crippen MR) is 106 cm³/mol. The Morgan fingerprint density at radius 1 is 0.792 bits per heavy atom. The van der Waals surface area contributed by atoms with Crippen molar-refractivity contribution in [3.8, 4) is 0 Å². The predicted octanol–water partition coefficient (Wildman–Crippen LogP) is 4.19. The summed E-state index contributed by atoms with van der Waals surface area (Å²) < 4.78 is 0. The van der Waals surface area contributed by atoms with Crippen LogP contribution in [-0.2, 0) is 6.54 Å². The van der Waals surface area contributed by atoms with Crippen molar-refractivity contribution in [1.82, 2.24) is 15.4 Å². The normalized spacial score (nSPS) is 10.8. The fourth-order valence-corrected chi connectivity index (χ4v) is 2.53. The van der Waals surface area contributed by atoms with Crippen LogP contribution in [0.15, 0.2) is 30.3 Å². The SMILES string of the molecule is CCCCN(CCCC)N(CCCC)Cc1ccccc1.CNN. The second-order valence-corrected chi connectivity index (χ2v) is 6.18. The van der Waals surface area contributed by atoms with Crippen LogP contribution in [-0.4, -0.2) is 36.7 Å². The maximum atomic E-state index is 4.60. The number of hydrogen-bond acceptors (Lipinski definition) is 4. The van der Waals surface area contributed by atoms with Crippen LogP contribution in [0.25, 0.3) is 0 Å². The zero-order chi connectivity index (χ0) is 18.0. The lowest BCUT2D eigenvalue weighted by atomic mass is 10.2. The summed E-state index contributed by atoms with van der Waals surface area (Å²) in [5, 5.41) is 5.19. The summed E-state index contributed by atoms with van der Waals surface area (Å²) in [5.41, 5.74) is 3.67. The molecule has 0 spiro atoms. The molecule has 4 heteroatoms. The van der Waals surface area contributed by atoms with Crippen LogP contribution in [0.3, 0.4) is 0 Å². The van der Waals surface area contributed by atoms with Crippen molar-refractivity contribution in [2.45, 2.75) is 65.8 Å². The van der Waals surface area contributed by atoms with Gasteiger partial charge in [-0.1, -0.05) is 70.4 Å². The molecule has 0 heterocycles. The molecule has 0 fully saturated rings. The number of unbranched alkanes of at least 4 members (excludes halogenated alkanes) is 3. The van der Waals surface area contributed by atoms with Gasteiger partial charge in [0.1, 0.15) is 0 Å². The Balaban J connectivity index is 0.00000163. The number of nitrogens with zero attached hydrogens (tertiary/aromatic N) is 2. The summed E-state index contributed by atoms with van der Waals surface area (Å²) in [5.74, 6) is 4.60. The van der Waals surface area contributed by atoms with Gasteiger partial charge in [-0.05, 0) is 31.9 Å². The number of hydrazine groups is 2. The average Bonchev–Trinajstić information content (AvgIpc) is 2.60. The standard InChI is InChI=1S/C19H34N2.CH6N2/c1-4-7-15-20(16-8-5-2)21(17-9-6-3)18-19-13-11-10-12-14-19;1-3-2/h10-14H,4-9,15-18H2,1-3H3;3H,2H2,1H3. The quantitative estimate of drug-likeness (QED) is 0.444. The Morgan fingerprint density at radius 2 is 1.21 bits per heavy atom. The Hall–Kier alpha value is -0.940. The first kappa shape index (κ1) is 23.1. The molecule has 1 rings (SSSR count). The van der Waals surface area contributed by atoms with E-state index in [2.05, 4.69) is 72.4 Å². The van der Waals surface area contributed by atoms with Crippen molar-refractivity contribution in [1.29, 1.82) is 0 Å². The summed E-state index contributed by atoms with van der Waals surface area (Å²) >= 11 is 0. The average molecular weight is 337 g/mol. The first-order chi connectivity index (χ1) is 11.7. The molecule has 24 heavy (non-hydrogen) atoms. The molecule has 3 N–H and O–H groups in total. The van der Waals surface area contributed by atoms with Crippen molar-refractivity contribution in [2.75, 3.05) is 26.7 Å². The van der Waals surface area contributed by atoms with Crippen LogP contribution >= 0.6 is 0 Å². The molecule has 0 aromatic heterocycles.